The predicted molar refractivity (Wildman–Crippen MR) is 82.2 cm³/mol. The van der Waals surface area contributed by atoms with Crippen molar-refractivity contribution < 1.29 is 18.4 Å². The lowest BCUT2D eigenvalue weighted by molar-refractivity contribution is -0.152. The van der Waals surface area contributed by atoms with Gasteiger partial charge in [-0.1, -0.05) is 17.3 Å². The van der Waals surface area contributed by atoms with Crippen LogP contribution in [0.15, 0.2) is 28.8 Å². The SMILES string of the molecule is O=C(OCc1nc(Cc2ccc(F)cc2)no1)C(C1CC1)C1CC1. The van der Waals surface area contributed by atoms with Crippen molar-refractivity contribution in [2.75, 3.05) is 0 Å². The van der Waals surface area contributed by atoms with Gasteiger partial charge in [0.1, 0.15) is 5.82 Å². The topological polar surface area (TPSA) is 65.2 Å². The number of benzene rings is 1. The molecular formula is C18H19FN2O3. The molecular weight excluding hydrogens is 311 g/mol. The molecule has 0 amide bonds. The lowest BCUT2D eigenvalue weighted by Gasteiger charge is -2.13. The number of ether oxygens (including phenoxy) is 1. The minimum absolute atomic E-state index is 0.0190. The number of halogens is 1. The maximum Gasteiger partial charge on any atom is 0.310 e. The van der Waals surface area contributed by atoms with Crippen molar-refractivity contribution in [1.29, 1.82) is 0 Å². The first kappa shape index (κ1) is 15.3. The Morgan fingerprint density at radius 3 is 2.50 bits per heavy atom. The van der Waals surface area contributed by atoms with Crippen LogP contribution in [-0.4, -0.2) is 16.1 Å². The van der Waals surface area contributed by atoms with Crippen molar-refractivity contribution in [2.24, 2.45) is 17.8 Å². The number of aromatic nitrogens is 2. The molecule has 2 fully saturated rings. The molecule has 6 heteroatoms. The van der Waals surface area contributed by atoms with Crippen LogP contribution in [0, 0.1) is 23.6 Å². The van der Waals surface area contributed by atoms with E-state index in [1.54, 1.807) is 12.1 Å². The average Bonchev–Trinajstić information content (AvgIpc) is 3.50. The molecule has 0 spiro atoms. The number of carbonyl (C=O) groups is 1. The van der Waals surface area contributed by atoms with E-state index in [-0.39, 0.29) is 24.3 Å². The van der Waals surface area contributed by atoms with Crippen molar-refractivity contribution >= 4 is 5.97 Å². The van der Waals surface area contributed by atoms with Crippen molar-refractivity contribution in [3.63, 3.8) is 0 Å². The van der Waals surface area contributed by atoms with Gasteiger partial charge in [-0.15, -0.1) is 0 Å². The second-order valence-corrected chi connectivity index (χ2v) is 6.72. The highest BCUT2D eigenvalue weighted by Crippen LogP contribution is 2.49. The third-order valence-corrected chi connectivity index (χ3v) is 4.66. The first-order chi connectivity index (χ1) is 11.7. The molecule has 0 radical (unpaired) electrons. The third-order valence-electron chi connectivity index (χ3n) is 4.66. The highest BCUT2D eigenvalue weighted by molar-refractivity contribution is 5.74. The van der Waals surface area contributed by atoms with E-state index in [9.17, 15) is 9.18 Å². The summed E-state index contributed by atoms with van der Waals surface area (Å²) < 4.78 is 23.4. The van der Waals surface area contributed by atoms with Gasteiger partial charge in [-0.05, 0) is 55.2 Å². The molecule has 0 N–H and O–H groups in total. The van der Waals surface area contributed by atoms with Gasteiger partial charge in [0, 0.05) is 6.42 Å². The van der Waals surface area contributed by atoms with Crippen LogP contribution < -0.4 is 0 Å². The summed E-state index contributed by atoms with van der Waals surface area (Å²) in [6.45, 7) is 0.0190. The molecule has 126 valence electrons. The van der Waals surface area contributed by atoms with Crippen molar-refractivity contribution in [2.45, 2.75) is 38.7 Å². The summed E-state index contributed by atoms with van der Waals surface area (Å²) in [5.74, 6) is 1.48. The highest BCUT2D eigenvalue weighted by atomic mass is 19.1. The molecule has 4 rings (SSSR count). The molecule has 2 aliphatic carbocycles. The van der Waals surface area contributed by atoms with Crippen LogP contribution in [0.1, 0.15) is 43.0 Å². The minimum atomic E-state index is -0.277. The molecule has 2 saturated carbocycles. The Hall–Kier alpha value is -2.24. The minimum Gasteiger partial charge on any atom is -0.455 e. The van der Waals surface area contributed by atoms with Gasteiger partial charge >= 0.3 is 5.97 Å². The summed E-state index contributed by atoms with van der Waals surface area (Å²) in [5, 5.41) is 3.88. The largest absolute Gasteiger partial charge is 0.455 e. The molecule has 0 unspecified atom stereocenters. The third kappa shape index (κ3) is 3.63. The maximum absolute atomic E-state index is 12.9. The summed E-state index contributed by atoms with van der Waals surface area (Å²) in [4.78, 5) is 16.5. The molecule has 0 saturated heterocycles. The first-order valence-electron chi connectivity index (χ1n) is 8.41. The number of nitrogens with zero attached hydrogens (tertiary/aromatic N) is 2. The molecule has 1 aromatic heterocycles. The monoisotopic (exact) mass is 330 g/mol. The maximum atomic E-state index is 12.9. The summed E-state index contributed by atoms with van der Waals surface area (Å²) >= 11 is 0. The van der Waals surface area contributed by atoms with E-state index in [2.05, 4.69) is 10.1 Å². The van der Waals surface area contributed by atoms with Gasteiger partial charge in [0.15, 0.2) is 12.4 Å². The van der Waals surface area contributed by atoms with Crippen LogP contribution in [0.3, 0.4) is 0 Å². The van der Waals surface area contributed by atoms with Gasteiger partial charge in [0.05, 0.1) is 5.92 Å². The average molecular weight is 330 g/mol. The Morgan fingerprint density at radius 2 is 1.88 bits per heavy atom. The lowest BCUT2D eigenvalue weighted by Crippen LogP contribution is -2.21. The van der Waals surface area contributed by atoms with Crippen molar-refractivity contribution in [3.8, 4) is 0 Å². The zero-order chi connectivity index (χ0) is 16.5. The van der Waals surface area contributed by atoms with E-state index >= 15 is 0 Å². The molecule has 0 bridgehead atoms. The van der Waals surface area contributed by atoms with Gasteiger partial charge in [-0.2, -0.15) is 4.98 Å². The normalized spacial score (nSPS) is 17.2. The molecule has 2 aliphatic rings. The first-order valence-corrected chi connectivity index (χ1v) is 8.41. The second kappa shape index (κ2) is 6.34. The van der Waals surface area contributed by atoms with Gasteiger partial charge in [0.25, 0.3) is 5.89 Å². The summed E-state index contributed by atoms with van der Waals surface area (Å²) in [7, 11) is 0. The zero-order valence-corrected chi connectivity index (χ0v) is 13.3. The Bertz CT molecular complexity index is 708. The zero-order valence-electron chi connectivity index (χ0n) is 13.3. The Labute approximate surface area is 139 Å². The summed E-state index contributed by atoms with van der Waals surface area (Å²) in [6.07, 6.45) is 5.00. The van der Waals surface area contributed by atoms with E-state index in [1.165, 1.54) is 12.1 Å². The van der Waals surface area contributed by atoms with Crippen molar-refractivity contribution in [3.05, 3.63) is 47.4 Å². The van der Waals surface area contributed by atoms with E-state index in [0.717, 1.165) is 31.2 Å². The quantitative estimate of drug-likeness (QED) is 0.729. The van der Waals surface area contributed by atoms with Crippen LogP contribution in [0.2, 0.25) is 0 Å². The predicted octanol–water partition coefficient (Wildman–Crippen LogP) is 3.28. The molecule has 1 aromatic carbocycles. The standard InChI is InChI=1S/C18H19FN2O3/c19-14-7-1-11(2-8-14)9-15-20-16(24-21-15)10-23-18(22)17(12-3-4-12)13-5-6-13/h1-2,7-8,12-13,17H,3-6,9-10H2. The smallest absolute Gasteiger partial charge is 0.310 e. The van der Waals surface area contributed by atoms with Crippen LogP contribution in [0.4, 0.5) is 4.39 Å². The van der Waals surface area contributed by atoms with Crippen LogP contribution >= 0.6 is 0 Å². The number of rotatable bonds is 7. The van der Waals surface area contributed by atoms with Gasteiger partial charge in [-0.25, -0.2) is 4.39 Å². The number of carbonyl (C=O) groups excluding carboxylic acids is 1. The number of hydrogen-bond acceptors (Lipinski definition) is 5. The fourth-order valence-electron chi connectivity index (χ4n) is 3.11. The number of hydrogen-bond donors (Lipinski definition) is 0. The van der Waals surface area contributed by atoms with Gasteiger partial charge in [-0.3, -0.25) is 4.79 Å². The fraction of sp³-hybridized carbons (Fsp3) is 0.500. The van der Waals surface area contributed by atoms with Gasteiger partial charge < -0.3 is 9.26 Å². The Morgan fingerprint density at radius 1 is 1.21 bits per heavy atom. The summed E-state index contributed by atoms with van der Waals surface area (Å²) in [5.41, 5.74) is 0.892. The van der Waals surface area contributed by atoms with E-state index in [0.29, 0.717) is 30.0 Å². The molecule has 24 heavy (non-hydrogen) atoms. The lowest BCUT2D eigenvalue weighted by atomic mass is 9.98. The van der Waals surface area contributed by atoms with Gasteiger partial charge in [0.2, 0.25) is 0 Å². The highest BCUT2D eigenvalue weighted by Gasteiger charge is 2.46. The molecule has 0 atom stereocenters. The molecule has 2 aromatic rings. The van der Waals surface area contributed by atoms with Crippen LogP contribution in [0.25, 0.3) is 0 Å². The van der Waals surface area contributed by atoms with Crippen LogP contribution in [-0.2, 0) is 22.6 Å². The second-order valence-electron chi connectivity index (χ2n) is 6.72. The fourth-order valence-corrected chi connectivity index (χ4v) is 3.11. The molecule has 1 heterocycles. The summed E-state index contributed by atoms with van der Waals surface area (Å²) in [6, 6.07) is 6.16. The van der Waals surface area contributed by atoms with E-state index in [1.807, 2.05) is 0 Å². The Kier molecular flexibility index (Phi) is 4.04. The van der Waals surface area contributed by atoms with Crippen LogP contribution in [0.5, 0.6) is 0 Å². The molecule has 5 nitrogen and oxygen atoms in total. The molecule has 0 aliphatic heterocycles. The van der Waals surface area contributed by atoms with E-state index < -0.39 is 0 Å². The Balaban J connectivity index is 1.31. The van der Waals surface area contributed by atoms with E-state index in [4.69, 9.17) is 9.26 Å². The number of esters is 1. The van der Waals surface area contributed by atoms with Crippen molar-refractivity contribution in [1.82, 2.24) is 10.1 Å².